The number of methoxy groups -OCH3 is 1. The van der Waals surface area contributed by atoms with Gasteiger partial charge >= 0.3 is 5.97 Å². The summed E-state index contributed by atoms with van der Waals surface area (Å²) in [5.74, 6) is 0.0310. The molecule has 1 aliphatic rings. The molecular formula is C12H15NO3. The first-order valence-electron chi connectivity index (χ1n) is 5.33. The number of carboxylic acids is 1. The summed E-state index contributed by atoms with van der Waals surface area (Å²) in [6.07, 6.45) is 1.53. The zero-order chi connectivity index (χ0) is 11.5. The lowest BCUT2D eigenvalue weighted by Crippen LogP contribution is -2.31. The summed E-state index contributed by atoms with van der Waals surface area (Å²) in [7, 11) is 1.63. The fraction of sp³-hybridized carbons (Fsp3) is 0.417. The van der Waals surface area contributed by atoms with E-state index in [1.54, 1.807) is 7.11 Å². The summed E-state index contributed by atoms with van der Waals surface area (Å²) in [6, 6.07) is 7.44. The van der Waals surface area contributed by atoms with Crippen molar-refractivity contribution in [3.8, 4) is 5.75 Å². The van der Waals surface area contributed by atoms with Crippen molar-refractivity contribution in [3.63, 3.8) is 0 Å². The quantitative estimate of drug-likeness (QED) is 0.813. The number of benzene rings is 1. The normalized spacial score (nSPS) is 24.3. The highest BCUT2D eigenvalue weighted by atomic mass is 16.5. The van der Waals surface area contributed by atoms with Crippen LogP contribution in [0.15, 0.2) is 24.3 Å². The molecule has 0 radical (unpaired) electrons. The number of carboxylic acid groups (broad SMARTS) is 1. The average Bonchev–Trinajstić information content (AvgIpc) is 2.78. The molecule has 0 aromatic heterocycles. The van der Waals surface area contributed by atoms with Gasteiger partial charge in [-0.3, -0.25) is 10.1 Å². The van der Waals surface area contributed by atoms with Crippen LogP contribution in [0.3, 0.4) is 0 Å². The minimum absolute atomic E-state index is 0.121. The number of carbonyl (C=O) groups is 1. The minimum atomic E-state index is -0.773. The topological polar surface area (TPSA) is 58.6 Å². The van der Waals surface area contributed by atoms with Gasteiger partial charge in [-0.2, -0.15) is 0 Å². The maximum atomic E-state index is 10.8. The molecule has 1 fully saturated rings. The molecule has 4 heteroatoms. The molecule has 1 aromatic carbocycles. The molecular weight excluding hydrogens is 206 g/mol. The van der Waals surface area contributed by atoms with Crippen LogP contribution >= 0.6 is 0 Å². The van der Waals surface area contributed by atoms with Crippen LogP contribution in [-0.4, -0.2) is 24.2 Å². The van der Waals surface area contributed by atoms with Crippen molar-refractivity contribution in [2.45, 2.75) is 24.9 Å². The van der Waals surface area contributed by atoms with E-state index < -0.39 is 12.0 Å². The van der Waals surface area contributed by atoms with E-state index in [-0.39, 0.29) is 6.04 Å². The highest BCUT2D eigenvalue weighted by Gasteiger charge is 2.29. The molecule has 0 aliphatic carbocycles. The number of hydrogen-bond donors (Lipinski definition) is 2. The molecule has 1 aromatic rings. The number of hydrogen-bond acceptors (Lipinski definition) is 3. The van der Waals surface area contributed by atoms with E-state index >= 15 is 0 Å². The molecule has 1 saturated heterocycles. The van der Waals surface area contributed by atoms with Gasteiger partial charge in [-0.25, -0.2) is 0 Å². The zero-order valence-electron chi connectivity index (χ0n) is 9.14. The van der Waals surface area contributed by atoms with Gasteiger partial charge in [-0.1, -0.05) is 12.1 Å². The van der Waals surface area contributed by atoms with E-state index in [1.807, 2.05) is 24.3 Å². The Morgan fingerprint density at radius 3 is 2.94 bits per heavy atom. The van der Waals surface area contributed by atoms with E-state index in [4.69, 9.17) is 9.84 Å². The molecule has 16 heavy (non-hydrogen) atoms. The first-order valence-corrected chi connectivity index (χ1v) is 5.33. The molecule has 1 heterocycles. The number of ether oxygens (including phenoxy) is 1. The van der Waals surface area contributed by atoms with Gasteiger partial charge in [0.15, 0.2) is 0 Å². The maximum Gasteiger partial charge on any atom is 0.320 e. The van der Waals surface area contributed by atoms with E-state index in [9.17, 15) is 4.79 Å². The van der Waals surface area contributed by atoms with Crippen molar-refractivity contribution in [1.82, 2.24) is 5.32 Å². The Labute approximate surface area is 94.2 Å². The monoisotopic (exact) mass is 221 g/mol. The van der Waals surface area contributed by atoms with Crippen LogP contribution in [0.5, 0.6) is 5.75 Å². The number of rotatable bonds is 3. The first-order chi connectivity index (χ1) is 7.70. The lowest BCUT2D eigenvalue weighted by Gasteiger charge is -2.13. The van der Waals surface area contributed by atoms with Gasteiger partial charge in [-0.15, -0.1) is 0 Å². The zero-order valence-corrected chi connectivity index (χ0v) is 9.14. The van der Waals surface area contributed by atoms with Gasteiger partial charge in [0.2, 0.25) is 0 Å². The fourth-order valence-corrected chi connectivity index (χ4v) is 2.06. The van der Waals surface area contributed by atoms with Crippen LogP contribution in [0.25, 0.3) is 0 Å². The Balaban J connectivity index is 2.11. The van der Waals surface area contributed by atoms with E-state index in [1.165, 1.54) is 0 Å². The predicted molar refractivity (Wildman–Crippen MR) is 59.5 cm³/mol. The van der Waals surface area contributed by atoms with Gasteiger partial charge < -0.3 is 9.84 Å². The number of aliphatic carboxylic acids is 1. The van der Waals surface area contributed by atoms with Crippen LogP contribution in [0, 0.1) is 0 Å². The fourth-order valence-electron chi connectivity index (χ4n) is 2.06. The minimum Gasteiger partial charge on any atom is -0.497 e. The van der Waals surface area contributed by atoms with Crippen molar-refractivity contribution in [2.24, 2.45) is 0 Å². The Kier molecular flexibility index (Phi) is 3.10. The highest BCUT2D eigenvalue weighted by molar-refractivity contribution is 5.73. The standard InChI is InChI=1S/C12H15NO3/c1-16-9-4-2-3-8(7-9)10-5-6-11(13-10)12(14)15/h2-4,7,10-11,13H,5-6H2,1H3,(H,14,15)/t10-,11+/m0/s1. The molecule has 0 spiro atoms. The highest BCUT2D eigenvalue weighted by Crippen LogP contribution is 2.28. The Morgan fingerprint density at radius 2 is 2.31 bits per heavy atom. The van der Waals surface area contributed by atoms with Gasteiger partial charge in [0.05, 0.1) is 7.11 Å². The molecule has 0 amide bonds. The predicted octanol–water partition coefficient (Wildman–Crippen LogP) is 1.57. The molecule has 86 valence electrons. The lowest BCUT2D eigenvalue weighted by molar-refractivity contribution is -0.139. The van der Waals surface area contributed by atoms with Gasteiger partial charge in [0.1, 0.15) is 11.8 Å². The van der Waals surface area contributed by atoms with Crippen LogP contribution in [0.2, 0.25) is 0 Å². The number of nitrogens with one attached hydrogen (secondary N) is 1. The molecule has 2 rings (SSSR count). The van der Waals surface area contributed by atoms with Crippen LogP contribution in [0.1, 0.15) is 24.4 Å². The molecule has 4 nitrogen and oxygen atoms in total. The molecule has 0 bridgehead atoms. The summed E-state index contributed by atoms with van der Waals surface area (Å²) in [5.41, 5.74) is 1.09. The van der Waals surface area contributed by atoms with E-state index in [0.29, 0.717) is 6.42 Å². The molecule has 2 N–H and O–H groups in total. The van der Waals surface area contributed by atoms with Gasteiger partial charge in [-0.05, 0) is 30.5 Å². The van der Waals surface area contributed by atoms with Gasteiger partial charge in [0.25, 0.3) is 0 Å². The molecule has 2 atom stereocenters. The summed E-state index contributed by atoms with van der Waals surface area (Å²) >= 11 is 0. The average molecular weight is 221 g/mol. The van der Waals surface area contributed by atoms with Crippen molar-refractivity contribution in [1.29, 1.82) is 0 Å². The van der Waals surface area contributed by atoms with E-state index in [0.717, 1.165) is 17.7 Å². The van der Waals surface area contributed by atoms with Crippen LogP contribution in [-0.2, 0) is 4.79 Å². The lowest BCUT2D eigenvalue weighted by atomic mass is 10.1. The smallest absolute Gasteiger partial charge is 0.320 e. The Hall–Kier alpha value is -1.55. The Bertz CT molecular complexity index is 392. The van der Waals surface area contributed by atoms with Gasteiger partial charge in [0, 0.05) is 6.04 Å². The van der Waals surface area contributed by atoms with E-state index in [2.05, 4.69) is 5.32 Å². The molecule has 1 aliphatic heterocycles. The second-order valence-electron chi connectivity index (χ2n) is 3.96. The first kappa shape index (κ1) is 11.0. The van der Waals surface area contributed by atoms with Crippen LogP contribution < -0.4 is 10.1 Å². The SMILES string of the molecule is COc1cccc([C@@H]2CC[C@H](C(=O)O)N2)c1. The second kappa shape index (κ2) is 4.53. The third kappa shape index (κ3) is 2.17. The molecule has 0 saturated carbocycles. The maximum absolute atomic E-state index is 10.8. The van der Waals surface area contributed by atoms with Crippen molar-refractivity contribution in [2.75, 3.05) is 7.11 Å². The summed E-state index contributed by atoms with van der Waals surface area (Å²) < 4.78 is 5.14. The van der Waals surface area contributed by atoms with Crippen LogP contribution in [0.4, 0.5) is 0 Å². The summed E-state index contributed by atoms with van der Waals surface area (Å²) in [6.45, 7) is 0. The van der Waals surface area contributed by atoms with Crippen molar-refractivity contribution in [3.05, 3.63) is 29.8 Å². The second-order valence-corrected chi connectivity index (χ2v) is 3.96. The molecule has 0 unspecified atom stereocenters. The largest absolute Gasteiger partial charge is 0.497 e. The third-order valence-corrected chi connectivity index (χ3v) is 2.94. The van der Waals surface area contributed by atoms with Crippen molar-refractivity contribution < 1.29 is 14.6 Å². The Morgan fingerprint density at radius 1 is 1.50 bits per heavy atom. The van der Waals surface area contributed by atoms with Crippen molar-refractivity contribution >= 4 is 5.97 Å². The third-order valence-electron chi connectivity index (χ3n) is 2.94. The summed E-state index contributed by atoms with van der Waals surface area (Å²) in [4.78, 5) is 10.8. The summed E-state index contributed by atoms with van der Waals surface area (Å²) in [5, 5.41) is 12.0.